The summed E-state index contributed by atoms with van der Waals surface area (Å²) in [6.07, 6.45) is 4.02. The van der Waals surface area contributed by atoms with Gasteiger partial charge in [-0.15, -0.1) is 5.06 Å². The van der Waals surface area contributed by atoms with Gasteiger partial charge in [0.15, 0.2) is 0 Å². The van der Waals surface area contributed by atoms with Crippen LogP contribution in [-0.4, -0.2) is 30.2 Å². The van der Waals surface area contributed by atoms with Crippen LogP contribution >= 0.6 is 0 Å². The van der Waals surface area contributed by atoms with Gasteiger partial charge in [0.2, 0.25) is 0 Å². The second kappa shape index (κ2) is 9.79. The number of para-hydroxylation sites is 1. The zero-order chi connectivity index (χ0) is 20.7. The Morgan fingerprint density at radius 3 is 2.48 bits per heavy atom. The Bertz CT molecular complexity index is 785. The van der Waals surface area contributed by atoms with Crippen LogP contribution in [-0.2, 0) is 9.63 Å². The zero-order valence-corrected chi connectivity index (χ0v) is 17.6. The first kappa shape index (κ1) is 21.2. The molecule has 5 nitrogen and oxygen atoms in total. The third-order valence-corrected chi connectivity index (χ3v) is 4.89. The Kier molecular flexibility index (Phi) is 7.15. The first-order valence-corrected chi connectivity index (χ1v) is 10.4. The fraction of sp³-hybridized carbons (Fsp3) is 0.458. The molecule has 0 bridgehead atoms. The van der Waals surface area contributed by atoms with Crippen molar-refractivity contribution in [2.45, 2.75) is 52.5 Å². The third-order valence-electron chi connectivity index (χ3n) is 4.89. The van der Waals surface area contributed by atoms with Crippen LogP contribution < -0.4 is 9.47 Å². The van der Waals surface area contributed by atoms with E-state index in [9.17, 15) is 4.79 Å². The molecule has 5 heteroatoms. The van der Waals surface area contributed by atoms with Crippen molar-refractivity contribution in [3.05, 3.63) is 54.6 Å². The number of piperidine rings is 1. The third kappa shape index (κ3) is 6.50. The van der Waals surface area contributed by atoms with Crippen molar-refractivity contribution < 1.29 is 19.1 Å². The summed E-state index contributed by atoms with van der Waals surface area (Å²) in [5.41, 5.74) is -0.502. The van der Waals surface area contributed by atoms with Crippen molar-refractivity contribution in [3.63, 3.8) is 0 Å². The summed E-state index contributed by atoms with van der Waals surface area (Å²) >= 11 is 0. The summed E-state index contributed by atoms with van der Waals surface area (Å²) in [6, 6.07) is 17.5. The summed E-state index contributed by atoms with van der Waals surface area (Å²) in [5.74, 6) is 2.12. The largest absolute Gasteiger partial charge is 0.493 e. The first-order chi connectivity index (χ1) is 13.9. The van der Waals surface area contributed by atoms with Gasteiger partial charge in [0, 0.05) is 25.1 Å². The molecule has 3 rings (SSSR count). The average Bonchev–Trinajstić information content (AvgIpc) is 2.70. The maximum Gasteiger partial charge on any atom is 0.330 e. The van der Waals surface area contributed by atoms with Crippen molar-refractivity contribution >= 4 is 5.97 Å². The van der Waals surface area contributed by atoms with E-state index in [1.54, 1.807) is 0 Å². The van der Waals surface area contributed by atoms with Crippen molar-refractivity contribution in [1.29, 1.82) is 0 Å². The van der Waals surface area contributed by atoms with Crippen LogP contribution in [0, 0.1) is 5.41 Å². The van der Waals surface area contributed by atoms with E-state index in [-0.39, 0.29) is 12.0 Å². The van der Waals surface area contributed by atoms with Gasteiger partial charge in [-0.3, -0.25) is 0 Å². The molecule has 0 N–H and O–H groups in total. The molecule has 29 heavy (non-hydrogen) atoms. The normalized spacial score (nSPS) is 17.6. The lowest BCUT2D eigenvalue weighted by molar-refractivity contribution is -0.218. The van der Waals surface area contributed by atoms with Gasteiger partial charge < -0.3 is 14.3 Å². The summed E-state index contributed by atoms with van der Waals surface area (Å²) < 4.78 is 11.8. The highest BCUT2D eigenvalue weighted by molar-refractivity contribution is 5.75. The topological polar surface area (TPSA) is 48.0 Å². The van der Waals surface area contributed by atoms with Gasteiger partial charge in [-0.2, -0.15) is 0 Å². The average molecular weight is 398 g/mol. The summed E-state index contributed by atoms with van der Waals surface area (Å²) in [6.45, 7) is 6.97. The number of nitrogens with zero attached hydrogens (tertiary/aromatic N) is 1. The number of carbonyl (C=O) groups is 1. The number of rotatable bonds is 7. The number of hydrogen-bond donors (Lipinski definition) is 0. The molecule has 0 amide bonds. The van der Waals surface area contributed by atoms with E-state index in [1.165, 1.54) is 0 Å². The molecule has 0 aromatic heterocycles. The van der Waals surface area contributed by atoms with Gasteiger partial charge in [-0.1, -0.05) is 30.7 Å². The molecule has 0 unspecified atom stereocenters. The first-order valence-electron chi connectivity index (χ1n) is 10.4. The van der Waals surface area contributed by atoms with Crippen LogP contribution in [0.25, 0.3) is 0 Å². The lowest BCUT2D eigenvalue weighted by Crippen LogP contribution is -2.43. The van der Waals surface area contributed by atoms with Crippen molar-refractivity contribution in [1.82, 2.24) is 5.06 Å². The standard InChI is InChI=1S/C24H31NO4/c1-24(2,3)23(26)29-25-16-8-7-10-19(25)15-17-27-21-13-9-14-22(18-21)28-20-11-5-4-6-12-20/h4-6,9,11-14,18-19H,7-8,10,15-17H2,1-3H3/t19-/m0/s1. The van der Waals surface area contributed by atoms with Crippen molar-refractivity contribution in [2.24, 2.45) is 5.41 Å². The zero-order valence-electron chi connectivity index (χ0n) is 17.6. The maximum atomic E-state index is 12.3. The Morgan fingerprint density at radius 1 is 1.00 bits per heavy atom. The van der Waals surface area contributed by atoms with Crippen LogP contribution in [0.3, 0.4) is 0 Å². The number of hydrogen-bond acceptors (Lipinski definition) is 5. The highest BCUT2D eigenvalue weighted by atomic mass is 16.7. The molecule has 1 saturated heterocycles. The fourth-order valence-corrected chi connectivity index (χ4v) is 3.19. The van der Waals surface area contributed by atoms with Crippen molar-refractivity contribution in [2.75, 3.05) is 13.2 Å². The molecule has 0 spiro atoms. The number of benzene rings is 2. The van der Waals surface area contributed by atoms with Crippen LogP contribution in [0.15, 0.2) is 54.6 Å². The smallest absolute Gasteiger partial charge is 0.330 e. The monoisotopic (exact) mass is 397 g/mol. The maximum absolute atomic E-state index is 12.3. The Balaban J connectivity index is 1.51. The van der Waals surface area contributed by atoms with Crippen LogP contribution in [0.2, 0.25) is 0 Å². The number of hydroxylamine groups is 2. The van der Waals surface area contributed by atoms with Crippen molar-refractivity contribution in [3.8, 4) is 17.2 Å². The Hall–Kier alpha value is -2.53. The highest BCUT2D eigenvalue weighted by Gasteiger charge is 2.30. The minimum Gasteiger partial charge on any atom is -0.493 e. The molecule has 1 atom stereocenters. The van der Waals surface area contributed by atoms with Gasteiger partial charge in [0.25, 0.3) is 0 Å². The molecule has 1 heterocycles. The van der Waals surface area contributed by atoms with E-state index >= 15 is 0 Å². The van der Waals surface area contributed by atoms with Gasteiger partial charge in [-0.25, -0.2) is 4.79 Å². The lowest BCUT2D eigenvalue weighted by Gasteiger charge is -2.35. The summed E-state index contributed by atoms with van der Waals surface area (Å²) in [4.78, 5) is 17.9. The Labute approximate surface area is 173 Å². The van der Waals surface area contributed by atoms with E-state index in [4.69, 9.17) is 14.3 Å². The van der Waals surface area contributed by atoms with Gasteiger partial charge >= 0.3 is 5.97 Å². The van der Waals surface area contributed by atoms with E-state index in [0.29, 0.717) is 6.61 Å². The van der Waals surface area contributed by atoms with Gasteiger partial charge in [0.05, 0.1) is 12.0 Å². The van der Waals surface area contributed by atoms with E-state index in [0.717, 1.165) is 49.5 Å². The molecular formula is C24H31NO4. The summed E-state index contributed by atoms with van der Waals surface area (Å²) in [7, 11) is 0. The quantitative estimate of drug-likeness (QED) is 0.608. The fourth-order valence-electron chi connectivity index (χ4n) is 3.19. The number of ether oxygens (including phenoxy) is 2. The summed E-state index contributed by atoms with van der Waals surface area (Å²) in [5, 5.41) is 1.86. The minimum absolute atomic E-state index is 0.184. The molecule has 1 aliphatic heterocycles. The molecule has 1 fully saturated rings. The number of carbonyl (C=O) groups excluding carboxylic acids is 1. The highest BCUT2D eigenvalue weighted by Crippen LogP contribution is 2.26. The molecule has 2 aromatic carbocycles. The molecular weight excluding hydrogens is 366 g/mol. The van der Waals surface area contributed by atoms with E-state index < -0.39 is 5.41 Å². The molecule has 0 saturated carbocycles. The molecule has 2 aromatic rings. The van der Waals surface area contributed by atoms with E-state index in [1.807, 2.05) is 80.4 Å². The molecule has 0 radical (unpaired) electrons. The van der Waals surface area contributed by atoms with Gasteiger partial charge in [0.1, 0.15) is 17.2 Å². The SMILES string of the molecule is CC(C)(C)C(=O)ON1CCCC[C@H]1CCOc1cccc(Oc2ccccc2)c1. The molecule has 1 aliphatic rings. The van der Waals surface area contributed by atoms with Gasteiger partial charge in [-0.05, 0) is 57.9 Å². The Morgan fingerprint density at radius 2 is 1.72 bits per heavy atom. The molecule has 0 aliphatic carbocycles. The second-order valence-electron chi connectivity index (χ2n) is 8.45. The van der Waals surface area contributed by atoms with Crippen LogP contribution in [0.1, 0.15) is 46.5 Å². The lowest BCUT2D eigenvalue weighted by atomic mass is 9.97. The van der Waals surface area contributed by atoms with E-state index in [2.05, 4.69) is 0 Å². The van der Waals surface area contributed by atoms with Crippen LogP contribution in [0.4, 0.5) is 0 Å². The second-order valence-corrected chi connectivity index (χ2v) is 8.45. The minimum atomic E-state index is -0.502. The van der Waals surface area contributed by atoms with Crippen LogP contribution in [0.5, 0.6) is 17.2 Å². The molecule has 156 valence electrons. The predicted molar refractivity (Wildman–Crippen MR) is 113 cm³/mol. The predicted octanol–water partition coefficient (Wildman–Crippen LogP) is 5.61.